The van der Waals surface area contributed by atoms with Crippen LogP contribution in [-0.2, 0) is 6.42 Å². The van der Waals surface area contributed by atoms with Crippen LogP contribution in [0.25, 0.3) is 0 Å². The molecule has 1 aliphatic carbocycles. The normalized spacial score (nSPS) is 26.4. The standard InChI is InChI=1S/C20H22Cl2N2O/c21-13-9-17-16(18(22)10-13)11-19(24-8-4-5-14(23)12-24)20(17)25-15-6-2-1-3-7-15/h1-3,6-7,9-10,14,19-20H,4-5,8,11-12,23H2/t14-,19-,20+/m1/s1. The lowest BCUT2D eigenvalue weighted by atomic mass is 10.0. The molecule has 0 aromatic heterocycles. The highest BCUT2D eigenvalue weighted by Gasteiger charge is 2.40. The number of halogens is 2. The highest BCUT2D eigenvalue weighted by molar-refractivity contribution is 6.35. The predicted molar refractivity (Wildman–Crippen MR) is 103 cm³/mol. The molecule has 2 N–H and O–H groups in total. The molecule has 2 aromatic carbocycles. The van der Waals surface area contributed by atoms with E-state index >= 15 is 0 Å². The number of hydrogen-bond acceptors (Lipinski definition) is 3. The second-order valence-corrected chi connectivity index (χ2v) is 7.82. The number of likely N-dealkylation sites (tertiary alicyclic amines) is 1. The summed E-state index contributed by atoms with van der Waals surface area (Å²) in [6, 6.07) is 14.2. The summed E-state index contributed by atoms with van der Waals surface area (Å²) < 4.78 is 6.41. The molecule has 1 heterocycles. The summed E-state index contributed by atoms with van der Waals surface area (Å²) in [6.45, 7) is 1.95. The summed E-state index contributed by atoms with van der Waals surface area (Å²) in [6.07, 6.45) is 3.00. The van der Waals surface area contributed by atoms with Crippen LogP contribution in [0.5, 0.6) is 5.75 Å². The Morgan fingerprint density at radius 1 is 1.12 bits per heavy atom. The highest BCUT2D eigenvalue weighted by Crippen LogP contribution is 2.43. The minimum atomic E-state index is -0.0844. The van der Waals surface area contributed by atoms with Crippen LogP contribution in [0.2, 0.25) is 10.0 Å². The quantitative estimate of drug-likeness (QED) is 0.858. The van der Waals surface area contributed by atoms with Crippen molar-refractivity contribution in [1.82, 2.24) is 4.90 Å². The number of nitrogens with two attached hydrogens (primary N) is 1. The van der Waals surface area contributed by atoms with Gasteiger partial charge in [-0.2, -0.15) is 0 Å². The molecule has 1 fully saturated rings. The maximum atomic E-state index is 6.49. The molecule has 0 radical (unpaired) electrons. The zero-order valence-electron chi connectivity index (χ0n) is 14.0. The summed E-state index contributed by atoms with van der Waals surface area (Å²) in [5.41, 5.74) is 8.47. The van der Waals surface area contributed by atoms with Crippen LogP contribution in [0.1, 0.15) is 30.1 Å². The van der Waals surface area contributed by atoms with Crippen molar-refractivity contribution in [3.05, 3.63) is 63.6 Å². The van der Waals surface area contributed by atoms with Crippen molar-refractivity contribution in [3.8, 4) is 5.75 Å². The predicted octanol–water partition coefficient (Wildman–Crippen LogP) is 4.46. The smallest absolute Gasteiger partial charge is 0.140 e. The van der Waals surface area contributed by atoms with E-state index in [1.165, 1.54) is 0 Å². The van der Waals surface area contributed by atoms with Gasteiger partial charge in [-0.25, -0.2) is 0 Å². The summed E-state index contributed by atoms with van der Waals surface area (Å²) in [5, 5.41) is 1.38. The number of fused-ring (bicyclic) bond motifs is 1. The molecule has 5 heteroatoms. The molecule has 0 unspecified atom stereocenters. The Morgan fingerprint density at radius 3 is 2.68 bits per heavy atom. The third kappa shape index (κ3) is 3.52. The van der Waals surface area contributed by atoms with E-state index in [1.807, 2.05) is 42.5 Å². The minimum Gasteiger partial charge on any atom is -0.484 e. The Labute approximate surface area is 158 Å². The topological polar surface area (TPSA) is 38.5 Å². The van der Waals surface area contributed by atoms with Crippen molar-refractivity contribution in [2.45, 2.75) is 37.5 Å². The first kappa shape index (κ1) is 17.2. The average molecular weight is 377 g/mol. The molecule has 0 spiro atoms. The summed E-state index contributed by atoms with van der Waals surface area (Å²) in [4.78, 5) is 2.46. The largest absolute Gasteiger partial charge is 0.484 e. The molecule has 4 rings (SSSR count). The Kier molecular flexibility index (Phi) is 4.92. The van der Waals surface area contributed by atoms with E-state index in [9.17, 15) is 0 Å². The van der Waals surface area contributed by atoms with Gasteiger partial charge in [0.15, 0.2) is 0 Å². The van der Waals surface area contributed by atoms with E-state index < -0.39 is 0 Å². The zero-order chi connectivity index (χ0) is 17.4. The van der Waals surface area contributed by atoms with Gasteiger partial charge in [-0.05, 0) is 55.6 Å². The van der Waals surface area contributed by atoms with Crippen LogP contribution in [0.15, 0.2) is 42.5 Å². The van der Waals surface area contributed by atoms with E-state index in [0.29, 0.717) is 5.02 Å². The maximum Gasteiger partial charge on any atom is 0.140 e. The van der Waals surface area contributed by atoms with Gasteiger partial charge >= 0.3 is 0 Å². The molecule has 25 heavy (non-hydrogen) atoms. The Hall–Kier alpha value is -1.26. The maximum absolute atomic E-state index is 6.49. The van der Waals surface area contributed by atoms with Crippen molar-refractivity contribution >= 4 is 23.2 Å². The number of rotatable bonds is 3. The summed E-state index contributed by atoms with van der Waals surface area (Å²) in [7, 11) is 0. The first-order valence-corrected chi connectivity index (χ1v) is 9.56. The molecule has 3 atom stereocenters. The minimum absolute atomic E-state index is 0.0844. The molecular formula is C20H22Cl2N2O. The fraction of sp³-hybridized carbons (Fsp3) is 0.400. The first-order valence-electron chi connectivity index (χ1n) is 8.81. The van der Waals surface area contributed by atoms with Crippen molar-refractivity contribution in [2.75, 3.05) is 13.1 Å². The molecule has 3 nitrogen and oxygen atoms in total. The van der Waals surface area contributed by atoms with Crippen LogP contribution in [0, 0.1) is 0 Å². The summed E-state index contributed by atoms with van der Waals surface area (Å²) >= 11 is 12.8. The number of benzene rings is 2. The van der Waals surface area contributed by atoms with Gasteiger partial charge in [0.1, 0.15) is 11.9 Å². The molecule has 2 aromatic rings. The lowest BCUT2D eigenvalue weighted by Crippen LogP contribution is -2.49. The van der Waals surface area contributed by atoms with Gasteiger partial charge in [-0.1, -0.05) is 41.4 Å². The number of para-hydroxylation sites is 1. The third-order valence-electron chi connectivity index (χ3n) is 5.23. The van der Waals surface area contributed by atoms with Crippen LogP contribution >= 0.6 is 23.2 Å². The molecule has 2 aliphatic rings. The van der Waals surface area contributed by atoms with Gasteiger partial charge in [-0.3, -0.25) is 4.90 Å². The van der Waals surface area contributed by atoms with E-state index in [-0.39, 0.29) is 18.2 Å². The Balaban J connectivity index is 1.69. The van der Waals surface area contributed by atoms with Gasteiger partial charge in [0, 0.05) is 28.2 Å². The monoisotopic (exact) mass is 376 g/mol. The van der Waals surface area contributed by atoms with E-state index in [2.05, 4.69) is 4.90 Å². The molecule has 0 saturated carbocycles. The number of ether oxygens (including phenoxy) is 1. The lowest BCUT2D eigenvalue weighted by molar-refractivity contribution is 0.0593. The number of hydrogen-bond donors (Lipinski definition) is 1. The molecule has 1 aliphatic heterocycles. The van der Waals surface area contributed by atoms with Gasteiger partial charge in [0.05, 0.1) is 6.04 Å². The number of nitrogens with zero attached hydrogens (tertiary/aromatic N) is 1. The second kappa shape index (κ2) is 7.16. The fourth-order valence-electron chi connectivity index (χ4n) is 4.07. The molecule has 0 amide bonds. The SMILES string of the molecule is N[C@@H]1CCCN([C@@H]2Cc3c(Cl)cc(Cl)cc3[C@@H]2Oc2ccccc2)C1. The van der Waals surface area contributed by atoms with Crippen molar-refractivity contribution in [1.29, 1.82) is 0 Å². The van der Waals surface area contributed by atoms with Crippen LogP contribution in [0.4, 0.5) is 0 Å². The molecule has 1 saturated heterocycles. The van der Waals surface area contributed by atoms with Gasteiger partial charge in [0.2, 0.25) is 0 Å². The molecule has 132 valence electrons. The second-order valence-electron chi connectivity index (χ2n) is 6.98. The van der Waals surface area contributed by atoms with Crippen LogP contribution in [0.3, 0.4) is 0 Å². The van der Waals surface area contributed by atoms with E-state index in [1.54, 1.807) is 0 Å². The molecular weight excluding hydrogens is 355 g/mol. The zero-order valence-corrected chi connectivity index (χ0v) is 15.5. The Bertz CT molecular complexity index is 753. The average Bonchev–Trinajstić information content (AvgIpc) is 2.95. The van der Waals surface area contributed by atoms with Gasteiger partial charge in [-0.15, -0.1) is 0 Å². The van der Waals surface area contributed by atoms with Gasteiger partial charge in [0.25, 0.3) is 0 Å². The Morgan fingerprint density at radius 2 is 1.92 bits per heavy atom. The van der Waals surface area contributed by atoms with Crippen molar-refractivity contribution in [2.24, 2.45) is 5.73 Å². The highest BCUT2D eigenvalue weighted by atomic mass is 35.5. The third-order valence-corrected chi connectivity index (χ3v) is 5.78. The fourth-order valence-corrected chi connectivity index (χ4v) is 4.65. The van der Waals surface area contributed by atoms with Crippen molar-refractivity contribution < 1.29 is 4.74 Å². The first-order chi connectivity index (χ1) is 12.1. The van der Waals surface area contributed by atoms with Gasteiger partial charge < -0.3 is 10.5 Å². The lowest BCUT2D eigenvalue weighted by Gasteiger charge is -2.38. The summed E-state index contributed by atoms with van der Waals surface area (Å²) in [5.74, 6) is 0.864. The number of piperidine rings is 1. The van der Waals surface area contributed by atoms with Crippen LogP contribution < -0.4 is 10.5 Å². The van der Waals surface area contributed by atoms with Crippen LogP contribution in [-0.4, -0.2) is 30.1 Å². The van der Waals surface area contributed by atoms with E-state index in [0.717, 1.165) is 54.3 Å². The van der Waals surface area contributed by atoms with Crippen molar-refractivity contribution in [3.63, 3.8) is 0 Å². The molecule has 0 bridgehead atoms. The van der Waals surface area contributed by atoms with E-state index in [4.69, 9.17) is 33.7 Å².